The molecular formula is C14H15BrN8O. The molecule has 0 atom stereocenters. The van der Waals surface area contributed by atoms with Gasteiger partial charge in [-0.25, -0.2) is 0 Å². The lowest BCUT2D eigenvalue weighted by Gasteiger charge is -2.15. The minimum Gasteiger partial charge on any atom is -0.286 e. The third-order valence-corrected chi connectivity index (χ3v) is 3.57. The van der Waals surface area contributed by atoms with Crippen molar-refractivity contribution in [3.8, 4) is 11.4 Å². The van der Waals surface area contributed by atoms with E-state index in [1.807, 2.05) is 45.0 Å². The molecule has 0 aliphatic carbocycles. The van der Waals surface area contributed by atoms with Crippen LogP contribution in [0.2, 0.25) is 0 Å². The average Bonchev–Trinajstić information content (AvgIpc) is 3.16. The molecule has 0 bridgehead atoms. The molecule has 0 unspecified atom stereocenters. The third kappa shape index (κ3) is 3.48. The molecule has 0 aliphatic heterocycles. The van der Waals surface area contributed by atoms with Crippen LogP contribution in [0.4, 0.5) is 5.95 Å². The first-order valence-electron chi connectivity index (χ1n) is 7.13. The zero-order chi connectivity index (χ0) is 17.3. The fourth-order valence-electron chi connectivity index (χ4n) is 1.80. The highest BCUT2D eigenvalue weighted by Gasteiger charge is 2.21. The molecule has 9 nitrogen and oxygen atoms in total. The predicted octanol–water partition coefficient (Wildman–Crippen LogP) is 2.23. The Balaban J connectivity index is 1.73. The number of anilines is 1. The predicted molar refractivity (Wildman–Crippen MR) is 90.3 cm³/mol. The monoisotopic (exact) mass is 390 g/mol. The van der Waals surface area contributed by atoms with Crippen molar-refractivity contribution in [3.05, 3.63) is 34.6 Å². The second-order valence-electron chi connectivity index (χ2n) is 6.04. The minimum absolute atomic E-state index is 0.0417. The van der Waals surface area contributed by atoms with E-state index in [1.54, 1.807) is 0 Å². The first-order valence-corrected chi connectivity index (χ1v) is 7.92. The van der Waals surface area contributed by atoms with E-state index in [4.69, 9.17) is 0 Å². The van der Waals surface area contributed by atoms with Crippen LogP contribution < -0.4 is 5.32 Å². The van der Waals surface area contributed by atoms with Crippen molar-refractivity contribution in [2.24, 2.45) is 0 Å². The summed E-state index contributed by atoms with van der Waals surface area (Å²) in [6.45, 7) is 5.74. The Morgan fingerprint density at radius 2 is 1.96 bits per heavy atom. The molecule has 2 aromatic heterocycles. The largest absolute Gasteiger partial charge is 0.299 e. The number of H-pyrrole nitrogens is 1. The summed E-state index contributed by atoms with van der Waals surface area (Å²) >= 11 is 3.37. The Morgan fingerprint density at radius 3 is 2.58 bits per heavy atom. The van der Waals surface area contributed by atoms with Gasteiger partial charge in [-0.1, -0.05) is 28.1 Å². The van der Waals surface area contributed by atoms with Crippen LogP contribution in [0.15, 0.2) is 28.7 Å². The number of carbonyl (C=O) groups excluding carboxylic acids is 1. The van der Waals surface area contributed by atoms with Crippen LogP contribution in [0.5, 0.6) is 0 Å². The number of aromatic amines is 1. The molecule has 3 aromatic rings. The number of tetrazole rings is 1. The number of rotatable bonds is 3. The van der Waals surface area contributed by atoms with Crippen molar-refractivity contribution in [1.82, 2.24) is 35.4 Å². The van der Waals surface area contributed by atoms with Gasteiger partial charge in [-0.2, -0.15) is 9.78 Å². The number of carbonyl (C=O) groups is 1. The maximum Gasteiger partial charge on any atom is 0.299 e. The zero-order valence-corrected chi connectivity index (χ0v) is 14.9. The number of hydrogen-bond acceptors (Lipinski definition) is 6. The summed E-state index contributed by atoms with van der Waals surface area (Å²) in [4.78, 5) is 17.8. The lowest BCUT2D eigenvalue weighted by molar-refractivity contribution is 0.101. The van der Waals surface area contributed by atoms with Crippen LogP contribution in [-0.2, 0) is 5.54 Å². The minimum atomic E-state index is -0.521. The van der Waals surface area contributed by atoms with Gasteiger partial charge in [0.05, 0.1) is 5.54 Å². The van der Waals surface area contributed by atoms with Crippen LogP contribution in [0.3, 0.4) is 0 Å². The van der Waals surface area contributed by atoms with E-state index in [2.05, 4.69) is 51.8 Å². The summed E-state index contributed by atoms with van der Waals surface area (Å²) in [7, 11) is 0. The zero-order valence-electron chi connectivity index (χ0n) is 13.3. The van der Waals surface area contributed by atoms with E-state index in [0.29, 0.717) is 5.82 Å². The molecular weight excluding hydrogens is 376 g/mol. The van der Waals surface area contributed by atoms with Crippen molar-refractivity contribution < 1.29 is 4.79 Å². The maximum atomic E-state index is 12.2. The molecule has 0 aliphatic rings. The molecule has 3 rings (SSSR count). The first kappa shape index (κ1) is 16.2. The summed E-state index contributed by atoms with van der Waals surface area (Å²) in [5.74, 6) is 0.126. The molecule has 1 amide bonds. The Hall–Kier alpha value is -2.62. The summed E-state index contributed by atoms with van der Waals surface area (Å²) in [6.07, 6.45) is 0. The van der Waals surface area contributed by atoms with Crippen LogP contribution >= 0.6 is 15.9 Å². The molecule has 0 fully saturated rings. The van der Waals surface area contributed by atoms with E-state index >= 15 is 0 Å². The fraction of sp³-hybridized carbons (Fsp3) is 0.286. The van der Waals surface area contributed by atoms with Crippen LogP contribution in [-0.4, -0.2) is 41.3 Å². The Morgan fingerprint density at radius 1 is 1.25 bits per heavy atom. The number of halogens is 1. The Kier molecular flexibility index (Phi) is 4.14. The average molecular weight is 391 g/mol. The van der Waals surface area contributed by atoms with Crippen molar-refractivity contribution in [3.63, 3.8) is 0 Å². The second-order valence-corrected chi connectivity index (χ2v) is 6.96. The van der Waals surface area contributed by atoms with Crippen molar-refractivity contribution in [2.45, 2.75) is 26.3 Å². The summed E-state index contributed by atoms with van der Waals surface area (Å²) in [5.41, 5.74) is 0.494. The maximum absolute atomic E-state index is 12.2. The van der Waals surface area contributed by atoms with Gasteiger partial charge in [-0.3, -0.25) is 15.2 Å². The summed E-state index contributed by atoms with van der Waals surface area (Å²) < 4.78 is 0.965. The standard InChI is InChI=1S/C14H15BrN8O/c1-14(2,3)23-21-11(19-22-23)12(24)17-13-16-10(18-20-13)8-4-6-9(15)7-5-8/h4-7H,1-3H3,(H2,16,17,18,20,24). The van der Waals surface area contributed by atoms with Gasteiger partial charge in [0.2, 0.25) is 5.95 Å². The Labute approximate surface area is 146 Å². The molecule has 24 heavy (non-hydrogen) atoms. The normalized spacial score (nSPS) is 11.5. The molecule has 0 saturated carbocycles. The molecule has 2 N–H and O–H groups in total. The summed E-state index contributed by atoms with van der Waals surface area (Å²) in [5, 5.41) is 21.0. The lowest BCUT2D eigenvalue weighted by Crippen LogP contribution is -2.25. The molecule has 124 valence electrons. The van der Waals surface area contributed by atoms with Gasteiger partial charge in [0.25, 0.3) is 11.7 Å². The highest BCUT2D eigenvalue weighted by molar-refractivity contribution is 9.10. The highest BCUT2D eigenvalue weighted by Crippen LogP contribution is 2.19. The summed E-state index contributed by atoms with van der Waals surface area (Å²) in [6, 6.07) is 7.55. The number of benzene rings is 1. The van der Waals surface area contributed by atoms with Gasteiger partial charge < -0.3 is 0 Å². The van der Waals surface area contributed by atoms with Crippen molar-refractivity contribution in [2.75, 3.05) is 5.32 Å². The molecule has 2 heterocycles. The molecule has 1 aromatic carbocycles. The highest BCUT2D eigenvalue weighted by atomic mass is 79.9. The van der Waals surface area contributed by atoms with E-state index in [-0.39, 0.29) is 17.3 Å². The van der Waals surface area contributed by atoms with Crippen LogP contribution in [0, 0.1) is 0 Å². The van der Waals surface area contributed by atoms with E-state index < -0.39 is 5.91 Å². The van der Waals surface area contributed by atoms with Crippen molar-refractivity contribution >= 4 is 27.8 Å². The van der Waals surface area contributed by atoms with E-state index in [0.717, 1.165) is 10.0 Å². The van der Waals surface area contributed by atoms with Gasteiger partial charge >= 0.3 is 0 Å². The van der Waals surface area contributed by atoms with Gasteiger partial charge in [0, 0.05) is 10.0 Å². The molecule has 0 saturated heterocycles. The van der Waals surface area contributed by atoms with Gasteiger partial charge in [0.1, 0.15) is 0 Å². The fourth-order valence-corrected chi connectivity index (χ4v) is 2.07. The SMILES string of the molecule is CC(C)(C)n1nnc(C(=O)Nc2n[nH]c(-c3ccc(Br)cc3)n2)n1. The molecule has 10 heteroatoms. The van der Waals surface area contributed by atoms with Gasteiger partial charge in [-0.05, 0) is 38.1 Å². The van der Waals surface area contributed by atoms with E-state index in [9.17, 15) is 4.79 Å². The number of aromatic nitrogens is 7. The van der Waals surface area contributed by atoms with Gasteiger partial charge in [0.15, 0.2) is 5.82 Å². The molecule has 0 radical (unpaired) electrons. The number of nitrogens with zero attached hydrogens (tertiary/aromatic N) is 6. The van der Waals surface area contributed by atoms with Crippen molar-refractivity contribution in [1.29, 1.82) is 0 Å². The smallest absolute Gasteiger partial charge is 0.286 e. The first-order chi connectivity index (χ1) is 11.3. The quantitative estimate of drug-likeness (QED) is 0.708. The third-order valence-electron chi connectivity index (χ3n) is 3.05. The number of amides is 1. The van der Waals surface area contributed by atoms with Crippen LogP contribution in [0.25, 0.3) is 11.4 Å². The van der Waals surface area contributed by atoms with Gasteiger partial charge in [-0.15, -0.1) is 15.3 Å². The lowest BCUT2D eigenvalue weighted by atomic mass is 10.1. The Bertz CT molecular complexity index is 862. The molecule has 0 spiro atoms. The topological polar surface area (TPSA) is 114 Å². The second kappa shape index (κ2) is 6.11. The van der Waals surface area contributed by atoms with E-state index in [1.165, 1.54) is 4.80 Å². The number of nitrogens with one attached hydrogen (secondary N) is 2. The number of hydrogen-bond donors (Lipinski definition) is 2. The van der Waals surface area contributed by atoms with Crippen LogP contribution in [0.1, 0.15) is 31.4 Å².